The first-order chi connectivity index (χ1) is 3.91. The Morgan fingerprint density at radius 3 is 2.50 bits per heavy atom. The summed E-state index contributed by atoms with van der Waals surface area (Å²) in [5.41, 5.74) is 0. The van der Waals surface area contributed by atoms with Crippen molar-refractivity contribution in [3.8, 4) is 0 Å². The van der Waals surface area contributed by atoms with Gasteiger partial charge in [0.05, 0.1) is 0 Å². The third-order valence-electron chi connectivity index (χ3n) is 0.445. The molecule has 0 heterocycles. The summed E-state index contributed by atoms with van der Waals surface area (Å²) in [6, 6.07) is 0. The van der Waals surface area contributed by atoms with Crippen LogP contribution in [0.25, 0.3) is 0 Å². The molecular formula is H9ClO3Si4. The van der Waals surface area contributed by atoms with Crippen LogP contribution < -0.4 is 0 Å². The minimum atomic E-state index is -0.727. The van der Waals surface area contributed by atoms with Crippen molar-refractivity contribution < 1.29 is 12.3 Å². The molecule has 0 fully saturated rings. The summed E-state index contributed by atoms with van der Waals surface area (Å²) in [5, 5.41) is 0. The van der Waals surface area contributed by atoms with E-state index < -0.39 is 29.1 Å². The lowest BCUT2D eigenvalue weighted by Crippen LogP contribution is -2.10. The van der Waals surface area contributed by atoms with Gasteiger partial charge in [-0.25, -0.2) is 0 Å². The van der Waals surface area contributed by atoms with Gasteiger partial charge in [-0.15, -0.1) is 11.1 Å². The fraction of sp³-hybridized carbons (Fsp3) is 0. The molecule has 0 aromatic carbocycles. The molecule has 0 aromatic heterocycles. The Labute approximate surface area is 63.4 Å². The third kappa shape index (κ3) is 7.04. The van der Waals surface area contributed by atoms with Crippen LogP contribution in [0.5, 0.6) is 0 Å². The third-order valence-corrected chi connectivity index (χ3v) is 5.39. The number of halogens is 1. The van der Waals surface area contributed by atoms with Crippen LogP contribution in [0.1, 0.15) is 0 Å². The van der Waals surface area contributed by atoms with Crippen molar-refractivity contribution in [3.63, 3.8) is 0 Å². The summed E-state index contributed by atoms with van der Waals surface area (Å²) >= 11 is 5.34. The van der Waals surface area contributed by atoms with E-state index in [-0.39, 0.29) is 0 Å². The van der Waals surface area contributed by atoms with E-state index in [0.717, 1.165) is 10.5 Å². The highest BCUT2D eigenvalue weighted by molar-refractivity contribution is 6.91. The van der Waals surface area contributed by atoms with Crippen LogP contribution in [0.2, 0.25) is 0 Å². The molecular weight excluding hydrogens is 196 g/mol. The van der Waals surface area contributed by atoms with E-state index >= 15 is 0 Å². The molecule has 0 bridgehead atoms. The molecule has 0 spiro atoms. The number of rotatable bonds is 5. The van der Waals surface area contributed by atoms with Gasteiger partial charge in [0.25, 0.3) is 20.0 Å². The van der Waals surface area contributed by atoms with Gasteiger partial charge in [-0.05, 0) is 0 Å². The van der Waals surface area contributed by atoms with E-state index in [1.54, 1.807) is 0 Å². The van der Waals surface area contributed by atoms with Crippen LogP contribution in [0, 0.1) is 0 Å². The van der Waals surface area contributed by atoms with Gasteiger partial charge in [0.2, 0.25) is 9.07 Å². The Bertz CT molecular complexity index is 36.3. The molecule has 3 nitrogen and oxygen atoms in total. The van der Waals surface area contributed by atoms with Gasteiger partial charge in [0.15, 0.2) is 0 Å². The van der Waals surface area contributed by atoms with E-state index in [1.165, 1.54) is 0 Å². The zero-order valence-electron chi connectivity index (χ0n) is 4.72. The minimum absolute atomic E-state index is 0.637. The average Bonchev–Trinajstić information content (AvgIpc) is 1.81. The van der Waals surface area contributed by atoms with Crippen molar-refractivity contribution in [1.29, 1.82) is 0 Å². The van der Waals surface area contributed by atoms with E-state index in [1.807, 2.05) is 0 Å². The predicted molar refractivity (Wildman–Crippen MR) is 44.7 cm³/mol. The fourth-order valence-corrected chi connectivity index (χ4v) is 5.00. The predicted octanol–water partition coefficient (Wildman–Crippen LogP) is -3.45. The molecule has 8 heavy (non-hydrogen) atoms. The smallest absolute Gasteiger partial charge is 0.285 e. The van der Waals surface area contributed by atoms with Crippen molar-refractivity contribution in [2.45, 2.75) is 0 Å². The lowest BCUT2D eigenvalue weighted by molar-refractivity contribution is 0.442. The van der Waals surface area contributed by atoms with E-state index in [0.29, 0.717) is 0 Å². The minimum Gasteiger partial charge on any atom is -0.449 e. The molecule has 0 aliphatic heterocycles. The normalized spacial score (nSPS) is 14.6. The Hall–Kier alpha value is 1.04. The molecule has 50 valence electrons. The van der Waals surface area contributed by atoms with Gasteiger partial charge >= 0.3 is 0 Å². The highest BCUT2D eigenvalue weighted by atomic mass is 35.6. The fourth-order valence-electron chi connectivity index (χ4n) is 0.208. The first-order valence-electron chi connectivity index (χ1n) is 2.12. The Morgan fingerprint density at radius 1 is 1.25 bits per heavy atom. The Balaban J connectivity index is 2.53. The molecule has 0 atom stereocenters. The summed E-state index contributed by atoms with van der Waals surface area (Å²) in [7, 11) is -1.29. The van der Waals surface area contributed by atoms with Crippen molar-refractivity contribution in [1.82, 2.24) is 0 Å². The van der Waals surface area contributed by atoms with Gasteiger partial charge in [-0.1, -0.05) is 0 Å². The maximum absolute atomic E-state index is 5.34. The van der Waals surface area contributed by atoms with Gasteiger partial charge in [-0.3, -0.25) is 0 Å². The van der Waals surface area contributed by atoms with Crippen LogP contribution in [-0.4, -0.2) is 39.6 Å². The molecule has 0 aromatic rings. The summed E-state index contributed by atoms with van der Waals surface area (Å²) in [6.45, 7) is 0. The quantitative estimate of drug-likeness (QED) is 0.265. The van der Waals surface area contributed by atoms with Crippen molar-refractivity contribution in [2.24, 2.45) is 0 Å². The largest absolute Gasteiger partial charge is 0.449 e. The summed E-state index contributed by atoms with van der Waals surface area (Å²) in [5.74, 6) is 0. The van der Waals surface area contributed by atoms with Crippen LogP contribution in [0.15, 0.2) is 0 Å². The second-order valence-corrected chi connectivity index (χ2v) is 7.96. The molecule has 0 aliphatic carbocycles. The molecule has 0 rings (SSSR count). The highest BCUT2D eigenvalue weighted by Gasteiger charge is 1.84. The van der Waals surface area contributed by atoms with Crippen LogP contribution in [-0.2, 0) is 12.3 Å². The zero-order valence-corrected chi connectivity index (χ0v) is 11.7. The van der Waals surface area contributed by atoms with Gasteiger partial charge in [0.1, 0.15) is 10.5 Å². The maximum Gasteiger partial charge on any atom is 0.285 e. The monoisotopic (exact) mass is 204 g/mol. The topological polar surface area (TPSA) is 27.7 Å². The van der Waals surface area contributed by atoms with Gasteiger partial charge in [-0.2, -0.15) is 0 Å². The van der Waals surface area contributed by atoms with Crippen LogP contribution in [0.3, 0.4) is 0 Å². The second-order valence-electron chi connectivity index (χ2n) is 1.04. The first kappa shape index (κ1) is 9.04. The lowest BCUT2D eigenvalue weighted by Gasteiger charge is -1.99. The van der Waals surface area contributed by atoms with Crippen LogP contribution in [0.4, 0.5) is 0 Å². The molecule has 0 N–H and O–H groups in total. The van der Waals surface area contributed by atoms with Gasteiger partial charge < -0.3 is 12.3 Å². The van der Waals surface area contributed by atoms with E-state index in [4.69, 9.17) is 23.4 Å². The summed E-state index contributed by atoms with van der Waals surface area (Å²) in [6.07, 6.45) is 0. The second kappa shape index (κ2) is 8.04. The molecule has 0 aliphatic rings. The maximum atomic E-state index is 5.34. The number of hydrogen-bond acceptors (Lipinski definition) is 3. The highest BCUT2D eigenvalue weighted by Crippen LogP contribution is 1.72. The van der Waals surface area contributed by atoms with E-state index in [2.05, 4.69) is 0 Å². The zero-order chi connectivity index (χ0) is 6.24. The van der Waals surface area contributed by atoms with Crippen molar-refractivity contribution >= 4 is 50.7 Å². The van der Waals surface area contributed by atoms with Crippen LogP contribution >= 0.6 is 11.1 Å². The summed E-state index contributed by atoms with van der Waals surface area (Å²) < 4.78 is 14.8. The van der Waals surface area contributed by atoms with Gasteiger partial charge in [0, 0.05) is 0 Å². The Kier molecular flexibility index (Phi) is 9.08. The molecule has 0 saturated heterocycles. The first-order valence-corrected chi connectivity index (χ1v) is 7.96. The molecule has 0 radical (unpaired) electrons. The number of hydrogen-bond donors (Lipinski definition) is 0. The molecule has 8 heteroatoms. The molecule has 0 saturated carbocycles. The standard InChI is InChI=1S/ClH9O3Si4/c1-6-3-8-4-7-2-5/h6-8H2,5H3. The Morgan fingerprint density at radius 2 is 2.00 bits per heavy atom. The molecule has 0 amide bonds. The van der Waals surface area contributed by atoms with Crippen molar-refractivity contribution in [3.05, 3.63) is 0 Å². The molecule has 0 unspecified atom stereocenters. The SMILES string of the molecule is [SiH3]O[SiH2]O[SiH2]O[SiH2]Cl. The van der Waals surface area contributed by atoms with Crippen molar-refractivity contribution in [2.75, 3.05) is 0 Å². The average molecular weight is 205 g/mol. The van der Waals surface area contributed by atoms with E-state index in [9.17, 15) is 0 Å². The summed E-state index contributed by atoms with van der Waals surface area (Å²) in [4.78, 5) is 0. The lowest BCUT2D eigenvalue weighted by atomic mass is 15.7.